The molecule has 1 aliphatic heterocycles. The maximum absolute atomic E-state index is 12.2. The van der Waals surface area contributed by atoms with E-state index in [1.165, 1.54) is 25.7 Å². The Hall–Kier alpha value is -0.830. The Morgan fingerprint density at radius 3 is 2.50 bits per heavy atom. The zero-order valence-corrected chi connectivity index (χ0v) is 12.7. The highest BCUT2D eigenvalue weighted by molar-refractivity contribution is 5.76. The summed E-state index contributed by atoms with van der Waals surface area (Å²) in [6, 6.07) is 0. The van der Waals surface area contributed by atoms with Gasteiger partial charge in [0, 0.05) is 26.1 Å². The minimum atomic E-state index is 0.377. The molecule has 20 heavy (non-hydrogen) atoms. The molecule has 1 aliphatic carbocycles. The second-order valence-corrected chi connectivity index (χ2v) is 6.34. The maximum atomic E-state index is 12.2. The van der Waals surface area contributed by atoms with E-state index in [4.69, 9.17) is 4.74 Å². The number of nitrogens with zero attached hydrogens (tertiary/aromatic N) is 1. The van der Waals surface area contributed by atoms with Crippen LogP contribution in [0, 0.1) is 11.8 Å². The Morgan fingerprint density at radius 2 is 1.85 bits per heavy atom. The summed E-state index contributed by atoms with van der Waals surface area (Å²) in [5, 5.41) is 0. The molecule has 1 saturated heterocycles. The highest BCUT2D eigenvalue weighted by Gasteiger charge is 2.24. The van der Waals surface area contributed by atoms with Gasteiger partial charge in [-0.05, 0) is 31.1 Å². The van der Waals surface area contributed by atoms with Gasteiger partial charge in [0.25, 0.3) is 0 Å². The number of hydrogen-bond donors (Lipinski definition) is 0. The molecule has 0 aromatic rings. The van der Waals surface area contributed by atoms with E-state index in [1.54, 1.807) is 6.08 Å². The molecule has 1 amide bonds. The third kappa shape index (κ3) is 4.93. The fourth-order valence-electron chi connectivity index (χ4n) is 3.45. The smallest absolute Gasteiger partial charge is 0.222 e. The van der Waals surface area contributed by atoms with Crippen LogP contribution in [-0.4, -0.2) is 37.1 Å². The quantitative estimate of drug-likeness (QED) is 0.528. The fraction of sp³-hybridized carbons (Fsp3) is 0.824. The zero-order chi connectivity index (χ0) is 14.2. The van der Waals surface area contributed by atoms with E-state index in [1.807, 2.05) is 0 Å². The lowest BCUT2D eigenvalue weighted by Crippen LogP contribution is -2.39. The Bertz CT molecular complexity index is 302. The largest absolute Gasteiger partial charge is 0.377 e. The van der Waals surface area contributed by atoms with Crippen molar-refractivity contribution in [1.29, 1.82) is 0 Å². The molecule has 2 fully saturated rings. The van der Waals surface area contributed by atoms with Gasteiger partial charge in [-0.3, -0.25) is 4.79 Å². The van der Waals surface area contributed by atoms with E-state index in [9.17, 15) is 4.79 Å². The van der Waals surface area contributed by atoms with Gasteiger partial charge in [-0.1, -0.05) is 31.8 Å². The van der Waals surface area contributed by atoms with E-state index in [2.05, 4.69) is 11.5 Å². The average Bonchev–Trinajstić information content (AvgIpc) is 2.99. The van der Waals surface area contributed by atoms with Gasteiger partial charge in [0.2, 0.25) is 5.91 Å². The van der Waals surface area contributed by atoms with Crippen LogP contribution in [0.15, 0.2) is 12.7 Å². The molecule has 1 heterocycles. The van der Waals surface area contributed by atoms with E-state index < -0.39 is 0 Å². The molecule has 3 nitrogen and oxygen atoms in total. The molecule has 0 aromatic carbocycles. The van der Waals surface area contributed by atoms with Gasteiger partial charge in [-0.2, -0.15) is 0 Å². The van der Waals surface area contributed by atoms with Gasteiger partial charge >= 0.3 is 0 Å². The Labute approximate surface area is 123 Å². The average molecular weight is 279 g/mol. The van der Waals surface area contributed by atoms with Gasteiger partial charge in [0.05, 0.1) is 6.61 Å². The van der Waals surface area contributed by atoms with Gasteiger partial charge in [0.15, 0.2) is 0 Å². The first-order chi connectivity index (χ1) is 9.79. The SMILES string of the molecule is C=CCOCC1CCN(C(=O)CCC2CCCC2)CC1. The third-order valence-electron chi connectivity index (χ3n) is 4.80. The summed E-state index contributed by atoms with van der Waals surface area (Å²) >= 11 is 0. The Morgan fingerprint density at radius 1 is 1.15 bits per heavy atom. The van der Waals surface area contributed by atoms with Crippen molar-refractivity contribution in [2.75, 3.05) is 26.3 Å². The summed E-state index contributed by atoms with van der Waals surface area (Å²) in [6.45, 7) is 6.95. The van der Waals surface area contributed by atoms with Crippen molar-refractivity contribution in [3.8, 4) is 0 Å². The third-order valence-corrected chi connectivity index (χ3v) is 4.80. The predicted octanol–water partition coefficient (Wildman–Crippen LogP) is 3.40. The Balaban J connectivity index is 1.59. The predicted molar refractivity (Wildman–Crippen MR) is 81.5 cm³/mol. The molecule has 0 bridgehead atoms. The van der Waals surface area contributed by atoms with Crippen LogP contribution in [0.2, 0.25) is 0 Å². The molecule has 0 spiro atoms. The van der Waals surface area contributed by atoms with Crippen molar-refractivity contribution in [2.45, 2.75) is 51.4 Å². The number of rotatable bonds is 7. The highest BCUT2D eigenvalue weighted by atomic mass is 16.5. The van der Waals surface area contributed by atoms with Crippen LogP contribution in [0.4, 0.5) is 0 Å². The summed E-state index contributed by atoms with van der Waals surface area (Å²) in [6.07, 6.45) is 11.3. The number of carbonyl (C=O) groups excluding carboxylic acids is 1. The van der Waals surface area contributed by atoms with Gasteiger partial charge in [0.1, 0.15) is 0 Å². The summed E-state index contributed by atoms with van der Waals surface area (Å²) < 4.78 is 5.51. The summed E-state index contributed by atoms with van der Waals surface area (Å²) in [5.41, 5.74) is 0. The van der Waals surface area contributed by atoms with Crippen molar-refractivity contribution in [3.05, 3.63) is 12.7 Å². The molecule has 2 rings (SSSR count). The molecule has 3 heteroatoms. The molecular formula is C17H29NO2. The van der Waals surface area contributed by atoms with Crippen molar-refractivity contribution in [2.24, 2.45) is 11.8 Å². The van der Waals surface area contributed by atoms with Crippen molar-refractivity contribution in [1.82, 2.24) is 4.90 Å². The van der Waals surface area contributed by atoms with Crippen molar-refractivity contribution in [3.63, 3.8) is 0 Å². The number of ether oxygens (including phenoxy) is 1. The minimum Gasteiger partial charge on any atom is -0.377 e. The van der Waals surface area contributed by atoms with Gasteiger partial charge < -0.3 is 9.64 Å². The second kappa shape index (κ2) is 8.46. The molecule has 0 atom stereocenters. The first-order valence-corrected chi connectivity index (χ1v) is 8.26. The molecule has 0 N–H and O–H groups in total. The number of piperidine rings is 1. The summed E-state index contributed by atoms with van der Waals surface area (Å²) in [7, 11) is 0. The zero-order valence-electron chi connectivity index (χ0n) is 12.7. The van der Waals surface area contributed by atoms with E-state index in [0.717, 1.165) is 51.3 Å². The summed E-state index contributed by atoms with van der Waals surface area (Å²) in [5.74, 6) is 1.82. The maximum Gasteiger partial charge on any atom is 0.222 e. The summed E-state index contributed by atoms with van der Waals surface area (Å²) in [4.78, 5) is 14.3. The van der Waals surface area contributed by atoms with E-state index >= 15 is 0 Å². The van der Waals surface area contributed by atoms with Crippen LogP contribution < -0.4 is 0 Å². The molecule has 0 aromatic heterocycles. The van der Waals surface area contributed by atoms with E-state index in [0.29, 0.717) is 18.4 Å². The number of likely N-dealkylation sites (tertiary alicyclic amines) is 1. The van der Waals surface area contributed by atoms with Gasteiger partial charge in [-0.15, -0.1) is 6.58 Å². The van der Waals surface area contributed by atoms with Crippen LogP contribution >= 0.6 is 0 Å². The Kier molecular flexibility index (Phi) is 6.58. The lowest BCUT2D eigenvalue weighted by molar-refractivity contribution is -0.133. The van der Waals surface area contributed by atoms with Crippen LogP contribution in [-0.2, 0) is 9.53 Å². The van der Waals surface area contributed by atoms with Crippen molar-refractivity contribution >= 4 is 5.91 Å². The number of carbonyl (C=O) groups is 1. The van der Waals surface area contributed by atoms with Crippen molar-refractivity contribution < 1.29 is 9.53 Å². The van der Waals surface area contributed by atoms with Gasteiger partial charge in [-0.25, -0.2) is 0 Å². The number of hydrogen-bond acceptors (Lipinski definition) is 2. The first-order valence-electron chi connectivity index (χ1n) is 8.26. The topological polar surface area (TPSA) is 29.5 Å². The molecule has 1 saturated carbocycles. The lowest BCUT2D eigenvalue weighted by Gasteiger charge is -2.32. The molecule has 0 radical (unpaired) electrons. The van der Waals surface area contributed by atoms with Crippen LogP contribution in [0.25, 0.3) is 0 Å². The minimum absolute atomic E-state index is 0.377. The lowest BCUT2D eigenvalue weighted by atomic mass is 9.96. The molecule has 2 aliphatic rings. The van der Waals surface area contributed by atoms with Crippen LogP contribution in [0.3, 0.4) is 0 Å². The standard InChI is InChI=1S/C17H29NO2/c1-2-13-20-14-16-9-11-18(12-10-16)17(19)8-7-15-5-3-4-6-15/h2,15-16H,1,3-14H2. The first kappa shape index (κ1) is 15.6. The number of amides is 1. The van der Waals surface area contributed by atoms with Crippen LogP contribution in [0.1, 0.15) is 51.4 Å². The molecule has 114 valence electrons. The monoisotopic (exact) mass is 279 g/mol. The highest BCUT2D eigenvalue weighted by Crippen LogP contribution is 2.29. The molecular weight excluding hydrogens is 250 g/mol. The normalized spacial score (nSPS) is 21.3. The van der Waals surface area contributed by atoms with Crippen LogP contribution in [0.5, 0.6) is 0 Å². The van der Waals surface area contributed by atoms with E-state index in [-0.39, 0.29) is 0 Å². The second-order valence-electron chi connectivity index (χ2n) is 6.34. The fourth-order valence-corrected chi connectivity index (χ4v) is 3.45. The molecule has 0 unspecified atom stereocenters.